The number of rotatable bonds is 4. The lowest BCUT2D eigenvalue weighted by Crippen LogP contribution is -2.15. The van der Waals surface area contributed by atoms with Crippen LogP contribution in [0, 0.1) is 0 Å². The highest BCUT2D eigenvalue weighted by atomic mass is 32.2. The van der Waals surface area contributed by atoms with E-state index in [0.29, 0.717) is 0 Å². The van der Waals surface area contributed by atoms with Crippen LogP contribution in [0.25, 0.3) is 72.3 Å². The van der Waals surface area contributed by atoms with Crippen molar-refractivity contribution in [3.63, 3.8) is 0 Å². The van der Waals surface area contributed by atoms with E-state index < -0.39 is 0 Å². The summed E-state index contributed by atoms with van der Waals surface area (Å²) in [6.07, 6.45) is 0. The van der Waals surface area contributed by atoms with Gasteiger partial charge in [0.05, 0.1) is 27.3 Å². The van der Waals surface area contributed by atoms with Crippen LogP contribution in [-0.2, 0) is 5.41 Å². The summed E-state index contributed by atoms with van der Waals surface area (Å²) < 4.78 is 2.53. The van der Waals surface area contributed by atoms with Gasteiger partial charge in [-0.2, -0.15) is 0 Å². The minimum absolute atomic E-state index is 0.109. The molecule has 0 bridgehead atoms. The van der Waals surface area contributed by atoms with Crippen molar-refractivity contribution in [1.82, 2.24) is 9.55 Å². The van der Waals surface area contributed by atoms with Crippen molar-refractivity contribution < 1.29 is 0 Å². The molecule has 3 heterocycles. The van der Waals surface area contributed by atoms with Crippen LogP contribution in [0.5, 0.6) is 0 Å². The van der Waals surface area contributed by atoms with Gasteiger partial charge in [0.1, 0.15) is 0 Å². The fraction of sp³-hybridized carbons (Fsp3) is 0.0600. The lowest BCUT2D eigenvalue weighted by atomic mass is 9.82. The lowest BCUT2D eigenvalue weighted by molar-refractivity contribution is 0.661. The van der Waals surface area contributed by atoms with Gasteiger partial charge in [0, 0.05) is 47.7 Å². The average Bonchev–Trinajstić information content (AvgIpc) is 3.68. The molecule has 4 heteroatoms. The second-order valence-electron chi connectivity index (χ2n) is 14.8. The lowest BCUT2D eigenvalue weighted by Gasteiger charge is -2.22. The molecule has 256 valence electrons. The van der Waals surface area contributed by atoms with Gasteiger partial charge in [0.25, 0.3) is 0 Å². The third kappa shape index (κ3) is 4.87. The summed E-state index contributed by atoms with van der Waals surface area (Å²) in [6, 6.07) is 62.0. The Morgan fingerprint density at radius 3 is 1.93 bits per heavy atom. The normalized spacial score (nSPS) is 13.7. The van der Waals surface area contributed by atoms with Crippen molar-refractivity contribution in [3.8, 4) is 50.5 Å². The van der Waals surface area contributed by atoms with E-state index in [9.17, 15) is 0 Å². The van der Waals surface area contributed by atoms with Crippen LogP contribution in [0.2, 0.25) is 0 Å². The Morgan fingerprint density at radius 2 is 1.13 bits per heavy atom. The fourth-order valence-corrected chi connectivity index (χ4v) is 11.0. The number of nitrogens with zero attached hydrogens (tertiary/aromatic N) is 2. The molecule has 2 nitrogen and oxygen atoms in total. The van der Waals surface area contributed by atoms with Crippen LogP contribution in [0.4, 0.5) is 0 Å². The predicted molar refractivity (Wildman–Crippen MR) is 227 cm³/mol. The molecule has 54 heavy (non-hydrogen) atoms. The average molecular weight is 727 g/mol. The van der Waals surface area contributed by atoms with E-state index in [2.05, 4.69) is 188 Å². The molecule has 9 aromatic rings. The Bertz CT molecular complexity index is 2900. The number of aromatic nitrogens is 2. The molecule has 0 saturated carbocycles. The zero-order valence-corrected chi connectivity index (χ0v) is 31.5. The monoisotopic (exact) mass is 726 g/mol. The van der Waals surface area contributed by atoms with Gasteiger partial charge in [-0.1, -0.05) is 153 Å². The Hall–Kier alpha value is -5.81. The van der Waals surface area contributed by atoms with Crippen molar-refractivity contribution in [2.75, 3.05) is 0 Å². The Labute approximate surface area is 323 Å². The van der Waals surface area contributed by atoms with E-state index in [1.165, 1.54) is 69.2 Å². The van der Waals surface area contributed by atoms with Crippen LogP contribution in [0.1, 0.15) is 25.0 Å². The van der Waals surface area contributed by atoms with Gasteiger partial charge in [-0.25, -0.2) is 4.98 Å². The maximum absolute atomic E-state index is 5.31. The predicted octanol–water partition coefficient (Wildman–Crippen LogP) is 14.1. The number of benzene rings is 7. The SMILES string of the molecule is CC1(C)c2ccccc2-c2cc3c4ccc5c(c4n(-c4cccc(-c6cc(-c7ccccc7)cc(-c7ccccc7)n6)c4)c3cc21)Sc1ccccc1S5. The summed E-state index contributed by atoms with van der Waals surface area (Å²) in [4.78, 5) is 10.5. The Balaban J connectivity index is 1.17. The van der Waals surface area contributed by atoms with Crippen LogP contribution >= 0.6 is 23.5 Å². The fourth-order valence-electron chi connectivity index (χ4n) is 8.58. The van der Waals surface area contributed by atoms with Gasteiger partial charge >= 0.3 is 0 Å². The number of hydrogen-bond donors (Lipinski definition) is 0. The molecule has 1 aliphatic heterocycles. The maximum atomic E-state index is 5.31. The minimum atomic E-state index is -0.109. The standard InChI is InChI=1S/C50H34N2S2/c1-50(2)40-21-10-9-20-36(40)38-29-39-37-24-25-47-49(54-46-23-12-11-22-45(46)53-47)48(37)52(44(39)30-41(38)50)35-19-13-18-33(26-35)43-28-34(31-14-5-3-6-15-31)27-42(51-43)32-16-7-4-8-17-32/h3-30H,1-2H3. The van der Waals surface area contributed by atoms with Crippen LogP contribution in [0.3, 0.4) is 0 Å². The molecule has 0 spiro atoms. The van der Waals surface area contributed by atoms with Gasteiger partial charge in [-0.3, -0.25) is 0 Å². The van der Waals surface area contributed by atoms with E-state index in [1.807, 2.05) is 23.5 Å². The summed E-state index contributed by atoms with van der Waals surface area (Å²) in [5.41, 5.74) is 15.4. The van der Waals surface area contributed by atoms with Crippen molar-refractivity contribution in [3.05, 3.63) is 181 Å². The van der Waals surface area contributed by atoms with E-state index in [1.54, 1.807) is 0 Å². The summed E-state index contributed by atoms with van der Waals surface area (Å²) in [7, 11) is 0. The van der Waals surface area contributed by atoms with E-state index in [-0.39, 0.29) is 5.41 Å². The molecule has 0 radical (unpaired) electrons. The first-order chi connectivity index (χ1) is 26.5. The highest BCUT2D eigenvalue weighted by Crippen LogP contribution is 2.55. The van der Waals surface area contributed by atoms with Gasteiger partial charge in [-0.15, -0.1) is 0 Å². The first-order valence-electron chi connectivity index (χ1n) is 18.5. The molecule has 2 aromatic heterocycles. The molecule has 2 aliphatic rings. The molecule has 0 amide bonds. The molecule has 11 rings (SSSR count). The molecule has 0 atom stereocenters. The highest BCUT2D eigenvalue weighted by molar-refractivity contribution is 8.05. The second kappa shape index (κ2) is 12.1. The Kier molecular flexibility index (Phi) is 7.11. The molecule has 0 unspecified atom stereocenters. The van der Waals surface area contributed by atoms with Crippen molar-refractivity contribution in [2.45, 2.75) is 38.8 Å². The van der Waals surface area contributed by atoms with Gasteiger partial charge in [-0.05, 0) is 88.0 Å². The molecule has 0 fully saturated rings. The number of fused-ring (bicyclic) bond motifs is 9. The summed E-state index contributed by atoms with van der Waals surface area (Å²) in [6.45, 7) is 4.75. The van der Waals surface area contributed by atoms with Gasteiger partial charge in [0.2, 0.25) is 0 Å². The van der Waals surface area contributed by atoms with Crippen molar-refractivity contribution in [1.29, 1.82) is 0 Å². The van der Waals surface area contributed by atoms with E-state index in [4.69, 9.17) is 4.98 Å². The third-order valence-corrected chi connectivity index (χ3v) is 13.8. The molecule has 0 N–H and O–H groups in total. The molecular formula is C50H34N2S2. The number of hydrogen-bond acceptors (Lipinski definition) is 3. The molecule has 1 aliphatic carbocycles. The summed E-state index contributed by atoms with van der Waals surface area (Å²) in [5.74, 6) is 0. The van der Waals surface area contributed by atoms with Crippen LogP contribution < -0.4 is 0 Å². The van der Waals surface area contributed by atoms with Gasteiger partial charge < -0.3 is 4.57 Å². The maximum Gasteiger partial charge on any atom is 0.0716 e. The first kappa shape index (κ1) is 31.7. The van der Waals surface area contributed by atoms with Crippen molar-refractivity contribution >= 4 is 45.3 Å². The molecule has 0 saturated heterocycles. The summed E-state index contributed by atoms with van der Waals surface area (Å²) >= 11 is 3.78. The molecule has 7 aromatic carbocycles. The zero-order valence-electron chi connectivity index (χ0n) is 29.9. The van der Waals surface area contributed by atoms with E-state index in [0.717, 1.165) is 33.8 Å². The smallest absolute Gasteiger partial charge is 0.0716 e. The van der Waals surface area contributed by atoms with E-state index >= 15 is 0 Å². The largest absolute Gasteiger partial charge is 0.308 e. The Morgan fingerprint density at radius 1 is 0.463 bits per heavy atom. The van der Waals surface area contributed by atoms with Gasteiger partial charge in [0.15, 0.2) is 0 Å². The van der Waals surface area contributed by atoms with Crippen LogP contribution in [0.15, 0.2) is 189 Å². The minimum Gasteiger partial charge on any atom is -0.308 e. The molecular weight excluding hydrogens is 693 g/mol. The zero-order chi connectivity index (χ0) is 36.0. The highest BCUT2D eigenvalue weighted by Gasteiger charge is 2.36. The summed E-state index contributed by atoms with van der Waals surface area (Å²) in [5, 5.41) is 2.56. The topological polar surface area (TPSA) is 17.8 Å². The second-order valence-corrected chi connectivity index (χ2v) is 16.9. The number of pyridine rings is 1. The first-order valence-corrected chi connectivity index (χ1v) is 20.1. The third-order valence-electron chi connectivity index (χ3n) is 11.2. The van der Waals surface area contributed by atoms with Crippen molar-refractivity contribution in [2.24, 2.45) is 0 Å². The van der Waals surface area contributed by atoms with Crippen LogP contribution in [-0.4, -0.2) is 9.55 Å². The quantitative estimate of drug-likeness (QED) is 0.180.